The first-order valence-corrected chi connectivity index (χ1v) is 9.57. The molecular formula is C22H24N4O3. The minimum absolute atomic E-state index is 0.132. The Morgan fingerprint density at radius 3 is 2.52 bits per heavy atom. The van der Waals surface area contributed by atoms with Gasteiger partial charge in [0, 0.05) is 29.6 Å². The third-order valence-corrected chi connectivity index (χ3v) is 4.41. The summed E-state index contributed by atoms with van der Waals surface area (Å²) in [6.07, 6.45) is 1.47. The van der Waals surface area contributed by atoms with Crippen LogP contribution in [-0.4, -0.2) is 28.1 Å². The highest BCUT2D eigenvalue weighted by atomic mass is 16.2. The van der Waals surface area contributed by atoms with Gasteiger partial charge in [0.25, 0.3) is 5.91 Å². The summed E-state index contributed by atoms with van der Waals surface area (Å²) in [6, 6.07) is 14.0. The molecule has 1 heterocycles. The number of aromatic nitrogens is 2. The fourth-order valence-electron chi connectivity index (χ4n) is 2.87. The van der Waals surface area contributed by atoms with Gasteiger partial charge in [-0.3, -0.25) is 19.1 Å². The van der Waals surface area contributed by atoms with Crippen LogP contribution in [0.25, 0.3) is 10.9 Å². The molecule has 1 aromatic heterocycles. The van der Waals surface area contributed by atoms with Gasteiger partial charge >= 0.3 is 0 Å². The first-order chi connectivity index (χ1) is 13.9. The van der Waals surface area contributed by atoms with Crippen LogP contribution < -0.4 is 16.1 Å². The molecule has 0 unspecified atom stereocenters. The summed E-state index contributed by atoms with van der Waals surface area (Å²) >= 11 is 0. The standard InChI is InChI=1S/C22H24N4O3/c1-15(2)13-23-22(29)16-7-9-17(10-8-16)25-21(28)11-12-26-19-6-4-3-5-18(19)20(27)14-24-26/h3-10,14-15H,11-13H2,1-2H3,(H,23,29)(H,25,28). The Kier molecular flexibility index (Phi) is 6.39. The van der Waals surface area contributed by atoms with E-state index < -0.39 is 0 Å². The second kappa shape index (κ2) is 9.14. The Morgan fingerprint density at radius 1 is 1.07 bits per heavy atom. The average molecular weight is 392 g/mol. The number of hydrogen-bond donors (Lipinski definition) is 2. The van der Waals surface area contributed by atoms with Crippen molar-refractivity contribution in [3.8, 4) is 0 Å². The van der Waals surface area contributed by atoms with Crippen molar-refractivity contribution in [1.29, 1.82) is 0 Å². The summed E-state index contributed by atoms with van der Waals surface area (Å²) in [6.45, 7) is 5.03. The van der Waals surface area contributed by atoms with E-state index in [1.807, 2.05) is 26.0 Å². The Morgan fingerprint density at radius 2 is 1.79 bits per heavy atom. The van der Waals surface area contributed by atoms with Crippen LogP contribution in [0, 0.1) is 5.92 Å². The van der Waals surface area contributed by atoms with Crippen molar-refractivity contribution < 1.29 is 9.59 Å². The van der Waals surface area contributed by atoms with Gasteiger partial charge in [0.2, 0.25) is 11.3 Å². The van der Waals surface area contributed by atoms with Crippen LogP contribution in [0.15, 0.2) is 59.5 Å². The van der Waals surface area contributed by atoms with Gasteiger partial charge in [0.15, 0.2) is 0 Å². The number of rotatable bonds is 7. The number of carbonyl (C=O) groups is 2. The van der Waals surface area contributed by atoms with E-state index in [1.165, 1.54) is 6.20 Å². The fraction of sp³-hybridized carbons (Fsp3) is 0.273. The first kappa shape index (κ1) is 20.3. The molecule has 29 heavy (non-hydrogen) atoms. The average Bonchev–Trinajstić information content (AvgIpc) is 2.72. The maximum atomic E-state index is 12.3. The molecule has 2 amide bonds. The highest BCUT2D eigenvalue weighted by Gasteiger charge is 2.09. The summed E-state index contributed by atoms with van der Waals surface area (Å²) < 4.78 is 1.65. The number of carbonyl (C=O) groups excluding carboxylic acids is 2. The minimum Gasteiger partial charge on any atom is -0.352 e. The molecule has 0 bridgehead atoms. The van der Waals surface area contributed by atoms with Gasteiger partial charge in [-0.25, -0.2) is 0 Å². The molecular weight excluding hydrogens is 368 g/mol. The number of aryl methyl sites for hydroxylation is 1. The molecule has 3 rings (SSSR count). The zero-order chi connectivity index (χ0) is 20.8. The van der Waals surface area contributed by atoms with Gasteiger partial charge in [0.05, 0.1) is 18.3 Å². The summed E-state index contributed by atoms with van der Waals surface area (Å²) in [5.41, 5.74) is 1.73. The zero-order valence-electron chi connectivity index (χ0n) is 16.5. The smallest absolute Gasteiger partial charge is 0.251 e. The lowest BCUT2D eigenvalue weighted by Gasteiger charge is -2.10. The van der Waals surface area contributed by atoms with E-state index in [4.69, 9.17) is 0 Å². The van der Waals surface area contributed by atoms with E-state index >= 15 is 0 Å². The molecule has 0 fully saturated rings. The zero-order valence-corrected chi connectivity index (χ0v) is 16.5. The number of hydrogen-bond acceptors (Lipinski definition) is 4. The van der Waals surface area contributed by atoms with Crippen molar-refractivity contribution in [1.82, 2.24) is 15.1 Å². The lowest BCUT2D eigenvalue weighted by molar-refractivity contribution is -0.116. The van der Waals surface area contributed by atoms with Crippen LogP contribution in [0.5, 0.6) is 0 Å². The van der Waals surface area contributed by atoms with Crippen molar-refractivity contribution in [2.75, 3.05) is 11.9 Å². The maximum absolute atomic E-state index is 12.3. The predicted octanol–water partition coefficient (Wildman–Crippen LogP) is 2.81. The highest BCUT2D eigenvalue weighted by Crippen LogP contribution is 2.12. The van der Waals surface area contributed by atoms with Crippen molar-refractivity contribution in [2.24, 2.45) is 5.92 Å². The minimum atomic E-state index is -0.174. The van der Waals surface area contributed by atoms with Crippen molar-refractivity contribution >= 4 is 28.4 Å². The van der Waals surface area contributed by atoms with Crippen LogP contribution in [0.2, 0.25) is 0 Å². The largest absolute Gasteiger partial charge is 0.352 e. The number of amides is 2. The fourth-order valence-corrected chi connectivity index (χ4v) is 2.87. The van der Waals surface area contributed by atoms with E-state index in [0.717, 1.165) is 0 Å². The summed E-state index contributed by atoms with van der Waals surface area (Å²) in [7, 11) is 0. The molecule has 0 saturated heterocycles. The number of benzene rings is 2. The number of fused-ring (bicyclic) bond motifs is 1. The molecule has 0 aliphatic heterocycles. The Hall–Kier alpha value is -3.48. The topological polar surface area (TPSA) is 93.1 Å². The van der Waals surface area contributed by atoms with Crippen molar-refractivity contribution in [3.05, 3.63) is 70.5 Å². The van der Waals surface area contributed by atoms with E-state index in [2.05, 4.69) is 15.7 Å². The molecule has 7 nitrogen and oxygen atoms in total. The molecule has 0 aliphatic rings. The predicted molar refractivity (Wildman–Crippen MR) is 113 cm³/mol. The van der Waals surface area contributed by atoms with E-state index in [-0.39, 0.29) is 23.7 Å². The van der Waals surface area contributed by atoms with Crippen molar-refractivity contribution in [2.45, 2.75) is 26.8 Å². The second-order valence-electron chi connectivity index (χ2n) is 7.23. The molecule has 0 saturated carbocycles. The van der Waals surface area contributed by atoms with Gasteiger partial charge in [0.1, 0.15) is 0 Å². The van der Waals surface area contributed by atoms with Crippen molar-refractivity contribution in [3.63, 3.8) is 0 Å². The molecule has 2 aromatic carbocycles. The number of para-hydroxylation sites is 1. The van der Waals surface area contributed by atoms with Gasteiger partial charge in [-0.2, -0.15) is 5.10 Å². The summed E-state index contributed by atoms with van der Waals surface area (Å²) in [5.74, 6) is 0.0752. The van der Waals surface area contributed by atoms with Crippen LogP contribution >= 0.6 is 0 Å². The maximum Gasteiger partial charge on any atom is 0.251 e. The van der Waals surface area contributed by atoms with Crippen LogP contribution in [0.1, 0.15) is 30.6 Å². The lowest BCUT2D eigenvalue weighted by atomic mass is 10.1. The number of nitrogens with one attached hydrogen (secondary N) is 2. The van der Waals surface area contributed by atoms with Gasteiger partial charge in [-0.1, -0.05) is 26.0 Å². The highest BCUT2D eigenvalue weighted by molar-refractivity contribution is 5.95. The number of nitrogens with zero attached hydrogens (tertiary/aromatic N) is 2. The number of anilines is 1. The molecule has 0 radical (unpaired) electrons. The molecule has 0 atom stereocenters. The Labute approximate surface area is 168 Å². The monoisotopic (exact) mass is 392 g/mol. The van der Waals surface area contributed by atoms with Gasteiger partial charge in [-0.15, -0.1) is 0 Å². The first-order valence-electron chi connectivity index (χ1n) is 9.57. The molecule has 150 valence electrons. The molecule has 7 heteroatoms. The Balaban J connectivity index is 1.58. The Bertz CT molecular complexity index is 1070. The normalized spacial score (nSPS) is 10.9. The van der Waals surface area contributed by atoms with E-state index in [9.17, 15) is 14.4 Å². The van der Waals surface area contributed by atoms with Crippen LogP contribution in [-0.2, 0) is 11.3 Å². The summed E-state index contributed by atoms with van der Waals surface area (Å²) in [4.78, 5) is 36.2. The van der Waals surface area contributed by atoms with Gasteiger partial charge in [-0.05, 0) is 42.3 Å². The van der Waals surface area contributed by atoms with Crippen LogP contribution in [0.3, 0.4) is 0 Å². The van der Waals surface area contributed by atoms with Gasteiger partial charge < -0.3 is 10.6 Å². The third kappa shape index (κ3) is 5.28. The lowest BCUT2D eigenvalue weighted by Crippen LogP contribution is -2.27. The SMILES string of the molecule is CC(C)CNC(=O)c1ccc(NC(=O)CCn2ncc(=O)c3ccccc32)cc1. The molecule has 0 aliphatic carbocycles. The molecule has 3 aromatic rings. The van der Waals surface area contributed by atoms with Crippen LogP contribution in [0.4, 0.5) is 5.69 Å². The summed E-state index contributed by atoms with van der Waals surface area (Å²) in [5, 5.41) is 10.4. The van der Waals surface area contributed by atoms with E-state index in [0.29, 0.717) is 41.2 Å². The quantitative estimate of drug-likeness (QED) is 0.647. The third-order valence-electron chi connectivity index (χ3n) is 4.41. The van der Waals surface area contributed by atoms with E-state index in [1.54, 1.807) is 41.1 Å². The molecule has 0 spiro atoms. The molecule has 2 N–H and O–H groups in total. The second-order valence-corrected chi connectivity index (χ2v) is 7.23.